The largest absolute Gasteiger partial charge is 0.496 e. The van der Waals surface area contributed by atoms with Crippen LogP contribution in [0, 0.1) is 0 Å². The molecule has 30 heavy (non-hydrogen) atoms. The van der Waals surface area contributed by atoms with Crippen LogP contribution in [0.3, 0.4) is 0 Å². The van der Waals surface area contributed by atoms with Gasteiger partial charge in [0.1, 0.15) is 11.4 Å². The average molecular weight is 429 g/mol. The van der Waals surface area contributed by atoms with Gasteiger partial charge in [0.15, 0.2) is 0 Å². The number of amides is 2. The molecule has 1 aliphatic rings. The molecule has 1 unspecified atom stereocenters. The van der Waals surface area contributed by atoms with Gasteiger partial charge in [-0.2, -0.15) is 0 Å². The van der Waals surface area contributed by atoms with Crippen molar-refractivity contribution >= 4 is 23.3 Å². The first kappa shape index (κ1) is 20.5. The van der Waals surface area contributed by atoms with Crippen molar-refractivity contribution in [2.75, 3.05) is 20.3 Å². The second-order valence-electron chi connectivity index (χ2n) is 7.33. The Morgan fingerprint density at radius 3 is 3.00 bits per heavy atom. The van der Waals surface area contributed by atoms with Crippen LogP contribution in [0.2, 0.25) is 5.02 Å². The maximum atomic E-state index is 13.0. The standard InChI is InChI=1S/C22H25ClN4O3/c1-29-20-7-3-2-5-16(20)12-27(15-19-6-4-10-30-19)22(28)24-11-18-14-26-13-17(23)8-9-21(26)25-18/h2-3,5,7-9,13-14,19H,4,6,10-12,15H2,1H3,(H,24,28). The highest BCUT2D eigenvalue weighted by Crippen LogP contribution is 2.21. The Labute approximate surface area is 180 Å². The second-order valence-corrected chi connectivity index (χ2v) is 7.77. The van der Waals surface area contributed by atoms with E-state index in [4.69, 9.17) is 21.1 Å². The predicted molar refractivity (Wildman–Crippen MR) is 115 cm³/mol. The molecule has 7 nitrogen and oxygen atoms in total. The third-order valence-electron chi connectivity index (χ3n) is 5.17. The molecule has 8 heteroatoms. The van der Waals surface area contributed by atoms with Gasteiger partial charge in [-0.05, 0) is 31.0 Å². The minimum Gasteiger partial charge on any atom is -0.496 e. The van der Waals surface area contributed by atoms with Crippen molar-refractivity contribution in [2.24, 2.45) is 0 Å². The van der Waals surface area contributed by atoms with Crippen LogP contribution in [-0.2, 0) is 17.8 Å². The summed E-state index contributed by atoms with van der Waals surface area (Å²) < 4.78 is 13.1. The molecule has 0 bridgehead atoms. The summed E-state index contributed by atoms with van der Waals surface area (Å²) in [5, 5.41) is 3.62. The van der Waals surface area contributed by atoms with Crippen LogP contribution in [0.5, 0.6) is 5.75 Å². The van der Waals surface area contributed by atoms with Gasteiger partial charge in [-0.1, -0.05) is 29.8 Å². The van der Waals surface area contributed by atoms with Crippen molar-refractivity contribution in [3.63, 3.8) is 0 Å². The van der Waals surface area contributed by atoms with Gasteiger partial charge < -0.3 is 24.1 Å². The minimum atomic E-state index is -0.161. The van der Waals surface area contributed by atoms with Gasteiger partial charge in [0.2, 0.25) is 0 Å². The van der Waals surface area contributed by atoms with E-state index in [9.17, 15) is 4.79 Å². The Hall–Kier alpha value is -2.77. The molecule has 0 aliphatic carbocycles. The highest BCUT2D eigenvalue weighted by Gasteiger charge is 2.23. The van der Waals surface area contributed by atoms with Gasteiger partial charge in [0.05, 0.1) is 37.0 Å². The third-order valence-corrected chi connectivity index (χ3v) is 5.40. The van der Waals surface area contributed by atoms with Crippen LogP contribution >= 0.6 is 11.6 Å². The monoisotopic (exact) mass is 428 g/mol. The summed E-state index contributed by atoms with van der Waals surface area (Å²) in [5.74, 6) is 0.764. The van der Waals surface area contributed by atoms with E-state index in [1.165, 1.54) is 0 Å². The van der Waals surface area contributed by atoms with E-state index < -0.39 is 0 Å². The maximum Gasteiger partial charge on any atom is 0.318 e. The lowest BCUT2D eigenvalue weighted by Crippen LogP contribution is -2.43. The van der Waals surface area contributed by atoms with Crippen LogP contribution in [0.25, 0.3) is 5.65 Å². The maximum absolute atomic E-state index is 13.0. The number of benzene rings is 1. The highest BCUT2D eigenvalue weighted by molar-refractivity contribution is 6.30. The number of aromatic nitrogens is 2. The molecule has 0 radical (unpaired) electrons. The van der Waals surface area contributed by atoms with E-state index in [2.05, 4.69) is 10.3 Å². The Morgan fingerprint density at radius 2 is 2.20 bits per heavy atom. The van der Waals surface area contributed by atoms with Crippen LogP contribution in [0.1, 0.15) is 24.1 Å². The fraction of sp³-hybridized carbons (Fsp3) is 0.364. The Kier molecular flexibility index (Phi) is 6.40. The number of nitrogens with zero attached hydrogens (tertiary/aromatic N) is 3. The zero-order chi connectivity index (χ0) is 20.9. The van der Waals surface area contributed by atoms with E-state index in [0.29, 0.717) is 24.7 Å². The van der Waals surface area contributed by atoms with Gasteiger partial charge in [-0.3, -0.25) is 0 Å². The minimum absolute atomic E-state index is 0.0581. The summed E-state index contributed by atoms with van der Waals surface area (Å²) >= 11 is 6.03. The molecule has 1 saturated heterocycles. The number of methoxy groups -OCH3 is 1. The van der Waals surface area contributed by atoms with Crippen molar-refractivity contribution in [3.05, 3.63) is 65.1 Å². The molecular formula is C22H25ClN4O3. The molecular weight excluding hydrogens is 404 g/mol. The van der Waals surface area contributed by atoms with Crippen molar-refractivity contribution < 1.29 is 14.3 Å². The smallest absolute Gasteiger partial charge is 0.318 e. The number of urea groups is 1. The Bertz CT molecular complexity index is 1020. The zero-order valence-corrected chi connectivity index (χ0v) is 17.6. The van der Waals surface area contributed by atoms with Crippen LogP contribution in [0.15, 0.2) is 48.8 Å². The fourth-order valence-electron chi connectivity index (χ4n) is 3.67. The average Bonchev–Trinajstić information content (AvgIpc) is 3.41. The number of carbonyl (C=O) groups is 1. The molecule has 2 amide bonds. The number of rotatable bonds is 7. The lowest BCUT2D eigenvalue weighted by atomic mass is 10.1. The highest BCUT2D eigenvalue weighted by atomic mass is 35.5. The summed E-state index contributed by atoms with van der Waals surface area (Å²) in [7, 11) is 1.64. The molecule has 3 heterocycles. The van der Waals surface area contributed by atoms with Crippen molar-refractivity contribution in [1.29, 1.82) is 0 Å². The normalized spacial score (nSPS) is 16.0. The molecule has 1 aromatic carbocycles. The molecule has 0 spiro atoms. The Balaban J connectivity index is 1.46. The molecule has 1 atom stereocenters. The quantitative estimate of drug-likeness (QED) is 0.620. The fourth-order valence-corrected chi connectivity index (χ4v) is 3.84. The lowest BCUT2D eigenvalue weighted by Gasteiger charge is -2.26. The van der Waals surface area contributed by atoms with Gasteiger partial charge in [0.25, 0.3) is 0 Å². The van der Waals surface area contributed by atoms with Crippen LogP contribution in [0.4, 0.5) is 4.79 Å². The second kappa shape index (κ2) is 9.36. The molecule has 2 aromatic heterocycles. The van der Waals surface area contributed by atoms with Gasteiger partial charge >= 0.3 is 6.03 Å². The van der Waals surface area contributed by atoms with E-state index >= 15 is 0 Å². The number of hydrogen-bond donors (Lipinski definition) is 1. The summed E-state index contributed by atoms with van der Waals surface area (Å²) in [5.41, 5.74) is 2.50. The lowest BCUT2D eigenvalue weighted by molar-refractivity contribution is 0.0792. The number of halogens is 1. The third kappa shape index (κ3) is 4.86. The first-order chi connectivity index (χ1) is 14.6. The summed E-state index contributed by atoms with van der Waals surface area (Å²) in [6.07, 6.45) is 5.71. The zero-order valence-electron chi connectivity index (χ0n) is 16.9. The van der Waals surface area contributed by atoms with Crippen molar-refractivity contribution in [2.45, 2.75) is 32.0 Å². The topological polar surface area (TPSA) is 68.1 Å². The molecule has 4 rings (SSSR count). The SMILES string of the molecule is COc1ccccc1CN(CC1CCCO1)C(=O)NCc1cn2cc(Cl)ccc2n1. The van der Waals surface area contributed by atoms with Crippen molar-refractivity contribution in [3.8, 4) is 5.75 Å². The number of para-hydroxylation sites is 1. The van der Waals surface area contributed by atoms with E-state index in [1.54, 1.807) is 24.3 Å². The molecule has 0 saturated carbocycles. The predicted octanol–water partition coefficient (Wildman–Crippen LogP) is 3.89. The van der Waals surface area contributed by atoms with E-state index in [-0.39, 0.29) is 12.1 Å². The number of hydrogen-bond acceptors (Lipinski definition) is 4. The summed E-state index contributed by atoms with van der Waals surface area (Å²) in [4.78, 5) is 19.3. The number of pyridine rings is 1. The Morgan fingerprint density at radius 1 is 1.33 bits per heavy atom. The van der Waals surface area contributed by atoms with Crippen LogP contribution < -0.4 is 10.1 Å². The van der Waals surface area contributed by atoms with Gasteiger partial charge in [0, 0.05) is 31.1 Å². The van der Waals surface area contributed by atoms with Crippen LogP contribution in [-0.4, -0.2) is 46.7 Å². The number of ether oxygens (including phenoxy) is 2. The molecule has 1 N–H and O–H groups in total. The van der Waals surface area contributed by atoms with Gasteiger partial charge in [-0.15, -0.1) is 0 Å². The molecule has 158 valence electrons. The summed E-state index contributed by atoms with van der Waals surface area (Å²) in [6, 6.07) is 11.2. The number of imidazole rings is 1. The van der Waals surface area contributed by atoms with Gasteiger partial charge in [-0.25, -0.2) is 9.78 Å². The first-order valence-electron chi connectivity index (χ1n) is 10.0. The first-order valence-corrected chi connectivity index (χ1v) is 10.4. The number of fused-ring (bicyclic) bond motifs is 1. The molecule has 3 aromatic rings. The molecule has 1 aliphatic heterocycles. The summed E-state index contributed by atoms with van der Waals surface area (Å²) in [6.45, 7) is 2.05. The number of nitrogens with one attached hydrogen (secondary N) is 1. The van der Waals surface area contributed by atoms with Crippen molar-refractivity contribution in [1.82, 2.24) is 19.6 Å². The number of carbonyl (C=O) groups excluding carboxylic acids is 1. The molecule has 1 fully saturated rings. The van der Waals surface area contributed by atoms with E-state index in [0.717, 1.165) is 42.1 Å². The van der Waals surface area contributed by atoms with E-state index in [1.807, 2.05) is 40.9 Å².